The molecule has 0 radical (unpaired) electrons. The number of hydrogen-bond donors (Lipinski definition) is 2. The standard InChI is InChI=1S/C16H25N3OS/c1-17-16(21)18-12-15(19-10-4-3-5-11-19)13-6-8-14(20-2)9-7-13/h6-9,15H,3-5,10-12H2,1-2H3,(H2,17,18,21)/t15-/m0/s1. The lowest BCUT2D eigenvalue weighted by Crippen LogP contribution is -2.42. The van der Waals surface area contributed by atoms with Crippen molar-refractivity contribution in [3.8, 4) is 5.75 Å². The molecule has 1 aromatic rings. The van der Waals surface area contributed by atoms with Crippen LogP contribution in [-0.2, 0) is 0 Å². The molecule has 0 unspecified atom stereocenters. The second kappa shape index (κ2) is 8.20. The third-order valence-corrected chi connectivity index (χ3v) is 4.36. The topological polar surface area (TPSA) is 36.5 Å². The predicted molar refractivity (Wildman–Crippen MR) is 90.8 cm³/mol. The molecule has 2 rings (SSSR count). The van der Waals surface area contributed by atoms with E-state index in [0.29, 0.717) is 11.2 Å². The molecular weight excluding hydrogens is 282 g/mol. The molecule has 1 aliphatic heterocycles. The lowest BCUT2D eigenvalue weighted by molar-refractivity contribution is 0.164. The van der Waals surface area contributed by atoms with E-state index in [1.165, 1.54) is 24.8 Å². The van der Waals surface area contributed by atoms with Crippen LogP contribution in [0.4, 0.5) is 0 Å². The Kier molecular flexibility index (Phi) is 6.26. The number of nitrogens with zero attached hydrogens (tertiary/aromatic N) is 1. The molecule has 116 valence electrons. The van der Waals surface area contributed by atoms with E-state index in [9.17, 15) is 0 Å². The van der Waals surface area contributed by atoms with Crippen molar-refractivity contribution in [1.82, 2.24) is 15.5 Å². The molecule has 0 aromatic heterocycles. The van der Waals surface area contributed by atoms with Crippen LogP contribution in [-0.4, -0.2) is 43.8 Å². The van der Waals surface area contributed by atoms with Crippen LogP contribution in [0.15, 0.2) is 24.3 Å². The van der Waals surface area contributed by atoms with Gasteiger partial charge in [-0.3, -0.25) is 4.90 Å². The van der Waals surface area contributed by atoms with Gasteiger partial charge in [0.25, 0.3) is 0 Å². The molecule has 1 heterocycles. The Morgan fingerprint density at radius 1 is 1.24 bits per heavy atom. The molecule has 0 bridgehead atoms. The van der Waals surface area contributed by atoms with Crippen LogP contribution >= 0.6 is 12.2 Å². The number of piperidine rings is 1. The van der Waals surface area contributed by atoms with Crippen molar-refractivity contribution in [2.45, 2.75) is 25.3 Å². The molecule has 0 saturated carbocycles. The number of rotatable bonds is 5. The van der Waals surface area contributed by atoms with E-state index in [-0.39, 0.29) is 0 Å². The number of thiocarbonyl (C=S) groups is 1. The summed E-state index contributed by atoms with van der Waals surface area (Å²) in [5.41, 5.74) is 1.31. The summed E-state index contributed by atoms with van der Waals surface area (Å²) in [6.45, 7) is 3.14. The SMILES string of the molecule is CNC(=S)NC[C@@H](c1ccc(OC)cc1)N1CCCCC1. The van der Waals surface area contributed by atoms with Gasteiger partial charge < -0.3 is 15.4 Å². The van der Waals surface area contributed by atoms with E-state index in [0.717, 1.165) is 25.4 Å². The molecule has 2 N–H and O–H groups in total. The van der Waals surface area contributed by atoms with E-state index < -0.39 is 0 Å². The molecule has 0 amide bonds. The summed E-state index contributed by atoms with van der Waals surface area (Å²) in [6, 6.07) is 8.72. The molecule has 0 spiro atoms. The Morgan fingerprint density at radius 3 is 2.48 bits per heavy atom. The van der Waals surface area contributed by atoms with Gasteiger partial charge in [0.15, 0.2) is 5.11 Å². The Bertz CT molecular complexity index is 443. The molecule has 0 aliphatic carbocycles. The second-order valence-corrected chi connectivity index (χ2v) is 5.75. The number of hydrogen-bond acceptors (Lipinski definition) is 3. The van der Waals surface area contributed by atoms with Gasteiger partial charge in [-0.1, -0.05) is 18.6 Å². The van der Waals surface area contributed by atoms with E-state index in [1.807, 2.05) is 19.2 Å². The highest BCUT2D eigenvalue weighted by molar-refractivity contribution is 7.80. The fourth-order valence-electron chi connectivity index (χ4n) is 2.79. The molecule has 1 atom stereocenters. The van der Waals surface area contributed by atoms with E-state index in [4.69, 9.17) is 17.0 Å². The maximum Gasteiger partial charge on any atom is 0.166 e. The van der Waals surface area contributed by atoms with Gasteiger partial charge in [0.2, 0.25) is 0 Å². The van der Waals surface area contributed by atoms with Crippen LogP contribution in [0.25, 0.3) is 0 Å². The van der Waals surface area contributed by atoms with E-state index in [2.05, 4.69) is 27.7 Å². The highest BCUT2D eigenvalue weighted by atomic mass is 32.1. The predicted octanol–water partition coefficient (Wildman–Crippen LogP) is 2.32. The zero-order chi connectivity index (χ0) is 15.1. The number of methoxy groups -OCH3 is 1. The smallest absolute Gasteiger partial charge is 0.166 e. The van der Waals surface area contributed by atoms with Crippen LogP contribution in [0, 0.1) is 0 Å². The summed E-state index contributed by atoms with van der Waals surface area (Å²) in [6.07, 6.45) is 3.90. The lowest BCUT2D eigenvalue weighted by atomic mass is 10.0. The van der Waals surface area contributed by atoms with Gasteiger partial charge in [-0.15, -0.1) is 0 Å². The van der Waals surface area contributed by atoms with Gasteiger partial charge in [-0.25, -0.2) is 0 Å². The summed E-state index contributed by atoms with van der Waals surface area (Å²) in [5, 5.41) is 6.98. The first-order valence-electron chi connectivity index (χ1n) is 7.58. The van der Waals surface area contributed by atoms with Crippen LogP contribution in [0.2, 0.25) is 0 Å². The Morgan fingerprint density at radius 2 is 1.90 bits per heavy atom. The van der Waals surface area contributed by atoms with Gasteiger partial charge in [-0.05, 0) is 55.8 Å². The molecule has 1 aromatic carbocycles. The summed E-state index contributed by atoms with van der Waals surface area (Å²) < 4.78 is 5.25. The van der Waals surface area contributed by atoms with Crippen LogP contribution in [0.5, 0.6) is 5.75 Å². The van der Waals surface area contributed by atoms with E-state index >= 15 is 0 Å². The van der Waals surface area contributed by atoms with Crippen molar-refractivity contribution in [3.05, 3.63) is 29.8 Å². The molecular formula is C16H25N3OS. The first kappa shape index (κ1) is 16.0. The molecule has 1 aliphatic rings. The third-order valence-electron chi connectivity index (χ3n) is 4.02. The van der Waals surface area contributed by atoms with Crippen molar-refractivity contribution in [3.63, 3.8) is 0 Å². The number of likely N-dealkylation sites (tertiary alicyclic amines) is 1. The van der Waals surface area contributed by atoms with Gasteiger partial charge in [0.1, 0.15) is 5.75 Å². The Balaban J connectivity index is 2.10. The zero-order valence-electron chi connectivity index (χ0n) is 12.9. The van der Waals surface area contributed by atoms with Gasteiger partial charge >= 0.3 is 0 Å². The van der Waals surface area contributed by atoms with Crippen molar-refractivity contribution in [2.75, 3.05) is 33.8 Å². The van der Waals surface area contributed by atoms with Crippen LogP contribution < -0.4 is 15.4 Å². The molecule has 1 saturated heterocycles. The average molecular weight is 307 g/mol. The lowest BCUT2D eigenvalue weighted by Gasteiger charge is -2.35. The number of benzene rings is 1. The van der Waals surface area contributed by atoms with Gasteiger partial charge in [-0.2, -0.15) is 0 Å². The van der Waals surface area contributed by atoms with Crippen molar-refractivity contribution in [2.24, 2.45) is 0 Å². The minimum absolute atomic E-state index is 0.350. The first-order chi connectivity index (χ1) is 10.2. The highest BCUT2D eigenvalue weighted by Crippen LogP contribution is 2.25. The highest BCUT2D eigenvalue weighted by Gasteiger charge is 2.22. The molecule has 4 nitrogen and oxygen atoms in total. The van der Waals surface area contributed by atoms with E-state index in [1.54, 1.807) is 7.11 Å². The largest absolute Gasteiger partial charge is 0.497 e. The molecule has 5 heteroatoms. The minimum atomic E-state index is 0.350. The zero-order valence-corrected chi connectivity index (χ0v) is 13.7. The first-order valence-corrected chi connectivity index (χ1v) is 7.99. The molecule has 1 fully saturated rings. The Hall–Kier alpha value is -1.33. The maximum absolute atomic E-state index is 5.25. The number of nitrogens with one attached hydrogen (secondary N) is 2. The average Bonchev–Trinajstić information content (AvgIpc) is 2.56. The fraction of sp³-hybridized carbons (Fsp3) is 0.562. The number of ether oxygens (including phenoxy) is 1. The van der Waals surface area contributed by atoms with Crippen LogP contribution in [0.1, 0.15) is 30.9 Å². The normalized spacial score (nSPS) is 17.0. The summed E-state index contributed by atoms with van der Waals surface area (Å²) >= 11 is 5.20. The van der Waals surface area contributed by atoms with Crippen molar-refractivity contribution in [1.29, 1.82) is 0 Å². The maximum atomic E-state index is 5.25. The van der Waals surface area contributed by atoms with Crippen LogP contribution in [0.3, 0.4) is 0 Å². The third kappa shape index (κ3) is 4.58. The summed E-state index contributed by atoms with van der Waals surface area (Å²) in [4.78, 5) is 2.55. The molecule has 21 heavy (non-hydrogen) atoms. The fourth-order valence-corrected chi connectivity index (χ4v) is 2.87. The minimum Gasteiger partial charge on any atom is -0.497 e. The van der Waals surface area contributed by atoms with Crippen molar-refractivity contribution >= 4 is 17.3 Å². The quantitative estimate of drug-likeness (QED) is 0.817. The van der Waals surface area contributed by atoms with Crippen molar-refractivity contribution < 1.29 is 4.74 Å². The Labute approximate surface area is 132 Å². The van der Waals surface area contributed by atoms with Gasteiger partial charge in [0.05, 0.1) is 13.2 Å². The summed E-state index contributed by atoms with van der Waals surface area (Å²) in [5.74, 6) is 0.898. The second-order valence-electron chi connectivity index (χ2n) is 5.35. The summed E-state index contributed by atoms with van der Waals surface area (Å²) in [7, 11) is 3.54. The van der Waals surface area contributed by atoms with Gasteiger partial charge in [0, 0.05) is 13.6 Å². The monoisotopic (exact) mass is 307 g/mol.